The van der Waals surface area contributed by atoms with Crippen LogP contribution in [0, 0.1) is 6.92 Å². The molecule has 0 aliphatic carbocycles. The lowest BCUT2D eigenvalue weighted by molar-refractivity contribution is 0.102. The number of nitrogen functional groups attached to an aromatic ring is 1. The molecule has 0 aliphatic rings. The fourth-order valence-corrected chi connectivity index (χ4v) is 2.89. The van der Waals surface area contributed by atoms with E-state index >= 15 is 0 Å². The van der Waals surface area contributed by atoms with E-state index in [4.69, 9.17) is 5.73 Å². The van der Waals surface area contributed by atoms with E-state index < -0.39 is 0 Å². The summed E-state index contributed by atoms with van der Waals surface area (Å²) in [6, 6.07) is 3.45. The topological polar surface area (TPSA) is 83.8 Å². The second-order valence-corrected chi connectivity index (χ2v) is 5.43. The molecule has 1 heterocycles. The Labute approximate surface area is 120 Å². The molecule has 1 amide bonds. The summed E-state index contributed by atoms with van der Waals surface area (Å²) in [4.78, 5) is 12.0. The zero-order valence-corrected chi connectivity index (χ0v) is 12.6. The van der Waals surface area contributed by atoms with E-state index in [1.165, 1.54) is 6.20 Å². The fraction of sp³-hybridized carbons (Fsp3) is 0.0909. The number of aromatic amines is 1. The highest BCUT2D eigenvalue weighted by atomic mass is 79.9. The van der Waals surface area contributed by atoms with Crippen molar-refractivity contribution in [1.29, 1.82) is 0 Å². The van der Waals surface area contributed by atoms with Crippen molar-refractivity contribution in [2.24, 2.45) is 0 Å². The number of carbonyl (C=O) groups is 1. The molecule has 1 aromatic carbocycles. The maximum absolute atomic E-state index is 12.0. The number of halogens is 2. The van der Waals surface area contributed by atoms with Gasteiger partial charge in [-0.2, -0.15) is 5.10 Å². The summed E-state index contributed by atoms with van der Waals surface area (Å²) in [6.45, 7) is 1.79. The number of H-pyrrole nitrogens is 1. The predicted molar refractivity (Wildman–Crippen MR) is 77.5 cm³/mol. The first-order valence-electron chi connectivity index (χ1n) is 5.05. The van der Waals surface area contributed by atoms with E-state index in [1.54, 1.807) is 19.1 Å². The molecule has 94 valence electrons. The standard InChI is InChI=1S/C11H10Br2N4O/c1-5-7(4-15-17-5)11(18)16-10-8(12)2-6(14)3-9(10)13/h2-4H,14H2,1H3,(H,15,17)(H,16,18). The second-order valence-electron chi connectivity index (χ2n) is 3.72. The Kier molecular flexibility index (Phi) is 3.72. The molecule has 1 aromatic heterocycles. The average molecular weight is 374 g/mol. The van der Waals surface area contributed by atoms with E-state index in [9.17, 15) is 4.79 Å². The molecule has 0 unspecified atom stereocenters. The van der Waals surface area contributed by atoms with Crippen molar-refractivity contribution < 1.29 is 4.79 Å². The van der Waals surface area contributed by atoms with Crippen LogP contribution in [-0.4, -0.2) is 16.1 Å². The maximum Gasteiger partial charge on any atom is 0.259 e. The largest absolute Gasteiger partial charge is 0.399 e. The molecular weight excluding hydrogens is 364 g/mol. The zero-order valence-electron chi connectivity index (χ0n) is 9.42. The molecule has 0 bridgehead atoms. The summed E-state index contributed by atoms with van der Waals surface area (Å²) < 4.78 is 1.42. The van der Waals surface area contributed by atoms with Gasteiger partial charge in [-0.25, -0.2) is 0 Å². The number of anilines is 2. The van der Waals surface area contributed by atoms with Crippen LogP contribution < -0.4 is 11.1 Å². The molecule has 5 nitrogen and oxygen atoms in total. The van der Waals surface area contributed by atoms with Gasteiger partial charge >= 0.3 is 0 Å². The number of nitrogens with zero attached hydrogens (tertiary/aromatic N) is 1. The minimum atomic E-state index is -0.229. The third-order valence-electron chi connectivity index (χ3n) is 2.38. The van der Waals surface area contributed by atoms with E-state index in [1.807, 2.05) is 0 Å². The zero-order chi connectivity index (χ0) is 13.3. The number of nitrogens with two attached hydrogens (primary N) is 1. The molecule has 0 aliphatic heterocycles. The van der Waals surface area contributed by atoms with Crippen LogP contribution in [0.3, 0.4) is 0 Å². The quantitative estimate of drug-likeness (QED) is 0.707. The van der Waals surface area contributed by atoms with E-state index in [-0.39, 0.29) is 5.91 Å². The van der Waals surface area contributed by atoms with Gasteiger partial charge in [0.1, 0.15) is 0 Å². The number of nitrogens with one attached hydrogen (secondary N) is 2. The lowest BCUT2D eigenvalue weighted by Gasteiger charge is -2.10. The van der Waals surface area contributed by atoms with Crippen LogP contribution in [0.2, 0.25) is 0 Å². The number of hydrogen-bond donors (Lipinski definition) is 3. The first-order chi connectivity index (χ1) is 8.49. The highest BCUT2D eigenvalue weighted by Gasteiger charge is 2.14. The Bertz CT molecular complexity index is 586. The summed E-state index contributed by atoms with van der Waals surface area (Å²) in [6.07, 6.45) is 1.49. The Morgan fingerprint density at radius 2 is 2.00 bits per heavy atom. The van der Waals surface area contributed by atoms with Gasteiger partial charge in [-0.15, -0.1) is 0 Å². The highest BCUT2D eigenvalue weighted by molar-refractivity contribution is 9.11. The van der Waals surface area contributed by atoms with Crippen LogP contribution in [0.15, 0.2) is 27.3 Å². The Morgan fingerprint density at radius 1 is 1.39 bits per heavy atom. The van der Waals surface area contributed by atoms with Gasteiger partial charge in [0.25, 0.3) is 5.91 Å². The van der Waals surface area contributed by atoms with Gasteiger partial charge in [0.15, 0.2) is 0 Å². The average Bonchev–Trinajstić information content (AvgIpc) is 2.69. The van der Waals surface area contributed by atoms with Crippen LogP contribution in [0.25, 0.3) is 0 Å². The minimum Gasteiger partial charge on any atom is -0.399 e. The molecule has 0 saturated heterocycles. The lowest BCUT2D eigenvalue weighted by atomic mass is 10.2. The van der Waals surface area contributed by atoms with Crippen LogP contribution >= 0.6 is 31.9 Å². The van der Waals surface area contributed by atoms with Crippen molar-refractivity contribution in [2.75, 3.05) is 11.1 Å². The van der Waals surface area contributed by atoms with Crippen molar-refractivity contribution in [3.8, 4) is 0 Å². The third-order valence-corrected chi connectivity index (χ3v) is 3.63. The number of amides is 1. The third kappa shape index (κ3) is 2.56. The highest BCUT2D eigenvalue weighted by Crippen LogP contribution is 2.33. The van der Waals surface area contributed by atoms with Gasteiger partial charge in [0.2, 0.25) is 0 Å². The van der Waals surface area contributed by atoms with E-state index in [2.05, 4.69) is 47.4 Å². The van der Waals surface area contributed by atoms with Crippen molar-refractivity contribution in [3.63, 3.8) is 0 Å². The molecular formula is C11H10Br2N4O. The van der Waals surface area contributed by atoms with Crippen LogP contribution in [0.4, 0.5) is 11.4 Å². The first kappa shape index (κ1) is 13.1. The van der Waals surface area contributed by atoms with Gasteiger partial charge < -0.3 is 11.1 Å². The van der Waals surface area contributed by atoms with Crippen molar-refractivity contribution in [1.82, 2.24) is 10.2 Å². The molecule has 2 rings (SSSR count). The number of hydrogen-bond acceptors (Lipinski definition) is 3. The van der Waals surface area contributed by atoms with Crippen molar-refractivity contribution in [2.45, 2.75) is 6.92 Å². The Morgan fingerprint density at radius 3 is 2.50 bits per heavy atom. The molecule has 4 N–H and O–H groups in total. The fourth-order valence-electron chi connectivity index (χ4n) is 1.47. The summed E-state index contributed by atoms with van der Waals surface area (Å²) in [5.41, 5.74) is 8.15. The van der Waals surface area contributed by atoms with Crippen LogP contribution in [0.5, 0.6) is 0 Å². The molecule has 7 heteroatoms. The SMILES string of the molecule is Cc1[nH]ncc1C(=O)Nc1c(Br)cc(N)cc1Br. The normalized spacial score (nSPS) is 10.4. The second kappa shape index (κ2) is 5.11. The predicted octanol–water partition coefficient (Wildman–Crippen LogP) is 3.08. The molecule has 2 aromatic rings. The summed E-state index contributed by atoms with van der Waals surface area (Å²) in [5, 5.41) is 9.33. The number of rotatable bonds is 2. The van der Waals surface area contributed by atoms with Crippen molar-refractivity contribution in [3.05, 3.63) is 38.5 Å². The Hall–Kier alpha value is -1.34. The molecule has 0 saturated carbocycles. The number of benzene rings is 1. The van der Waals surface area contributed by atoms with E-state index in [0.717, 1.165) is 5.69 Å². The van der Waals surface area contributed by atoms with Crippen molar-refractivity contribution >= 4 is 49.1 Å². The van der Waals surface area contributed by atoms with Gasteiger partial charge in [-0.1, -0.05) is 0 Å². The molecule has 0 atom stereocenters. The monoisotopic (exact) mass is 372 g/mol. The van der Waals surface area contributed by atoms with Gasteiger partial charge in [0.05, 0.1) is 17.4 Å². The van der Waals surface area contributed by atoms with Gasteiger partial charge in [0, 0.05) is 20.3 Å². The number of carbonyl (C=O) groups excluding carboxylic acids is 1. The van der Waals surface area contributed by atoms with Crippen LogP contribution in [-0.2, 0) is 0 Å². The minimum absolute atomic E-state index is 0.229. The molecule has 0 spiro atoms. The smallest absolute Gasteiger partial charge is 0.259 e. The molecule has 0 radical (unpaired) electrons. The summed E-state index contributed by atoms with van der Waals surface area (Å²) >= 11 is 6.72. The lowest BCUT2D eigenvalue weighted by Crippen LogP contribution is -2.13. The maximum atomic E-state index is 12.0. The van der Waals surface area contributed by atoms with Gasteiger partial charge in [-0.3, -0.25) is 9.89 Å². The van der Waals surface area contributed by atoms with E-state index in [0.29, 0.717) is 25.9 Å². The summed E-state index contributed by atoms with van der Waals surface area (Å²) in [7, 11) is 0. The summed E-state index contributed by atoms with van der Waals surface area (Å²) in [5.74, 6) is -0.229. The number of aromatic nitrogens is 2. The van der Waals surface area contributed by atoms with Crippen LogP contribution in [0.1, 0.15) is 16.1 Å². The van der Waals surface area contributed by atoms with Gasteiger partial charge in [-0.05, 0) is 50.9 Å². The number of aryl methyl sites for hydroxylation is 1. The molecule has 0 fully saturated rings. The first-order valence-corrected chi connectivity index (χ1v) is 6.63. The Balaban J connectivity index is 2.31. The molecule has 18 heavy (non-hydrogen) atoms.